The highest BCUT2D eigenvalue weighted by molar-refractivity contribution is 7.17. The van der Waals surface area contributed by atoms with Crippen molar-refractivity contribution >= 4 is 51.1 Å². The van der Waals surface area contributed by atoms with Crippen LogP contribution in [0.3, 0.4) is 0 Å². The molecule has 0 radical (unpaired) electrons. The Morgan fingerprint density at radius 2 is 1.84 bits per heavy atom. The van der Waals surface area contributed by atoms with Gasteiger partial charge < -0.3 is 5.32 Å². The molecule has 8 heteroatoms. The van der Waals surface area contributed by atoms with Crippen molar-refractivity contribution in [3.63, 3.8) is 0 Å². The molecule has 0 aliphatic rings. The number of thiophene rings is 1. The minimum atomic E-state index is -0.544. The quantitative estimate of drug-likeness (QED) is 0.680. The van der Waals surface area contributed by atoms with Crippen molar-refractivity contribution in [2.24, 2.45) is 0 Å². The van der Waals surface area contributed by atoms with E-state index in [2.05, 4.69) is 5.32 Å². The lowest BCUT2D eigenvalue weighted by Gasteiger charge is -2.04. The fourth-order valence-corrected chi connectivity index (χ4v) is 2.61. The van der Waals surface area contributed by atoms with E-state index >= 15 is 0 Å². The molecule has 2 rings (SSSR count). The van der Waals surface area contributed by atoms with Gasteiger partial charge >= 0.3 is 5.00 Å². The number of rotatable bonds is 3. The highest BCUT2D eigenvalue weighted by Gasteiger charge is 2.15. The van der Waals surface area contributed by atoms with Gasteiger partial charge in [-0.3, -0.25) is 14.9 Å². The molecule has 1 N–H and O–H groups in total. The minimum Gasteiger partial charge on any atom is -0.321 e. The second kappa shape index (κ2) is 5.56. The second-order valence-corrected chi connectivity index (χ2v) is 5.44. The van der Waals surface area contributed by atoms with Crippen LogP contribution in [-0.4, -0.2) is 10.8 Å². The lowest BCUT2D eigenvalue weighted by Crippen LogP contribution is -2.09. The van der Waals surface area contributed by atoms with Crippen molar-refractivity contribution in [3.8, 4) is 0 Å². The summed E-state index contributed by atoms with van der Waals surface area (Å²) in [5.41, 5.74) is 0.429. The van der Waals surface area contributed by atoms with Gasteiger partial charge in [0.2, 0.25) is 0 Å². The predicted octanol–water partition coefficient (Wildman–Crippen LogP) is 4.22. The summed E-state index contributed by atoms with van der Waals surface area (Å²) < 4.78 is 0. The molecule has 1 heterocycles. The Balaban J connectivity index is 2.18. The molecule has 19 heavy (non-hydrogen) atoms. The van der Waals surface area contributed by atoms with Gasteiger partial charge in [-0.25, -0.2) is 0 Å². The number of hydrogen-bond donors (Lipinski definition) is 1. The molecule has 0 bridgehead atoms. The van der Waals surface area contributed by atoms with Gasteiger partial charge in [0.15, 0.2) is 0 Å². The smallest absolute Gasteiger partial charge is 0.321 e. The normalized spacial score (nSPS) is 10.2. The molecule has 0 saturated carbocycles. The first-order chi connectivity index (χ1) is 8.95. The molecule has 0 fully saturated rings. The topological polar surface area (TPSA) is 72.2 Å². The Bertz CT molecular complexity index is 637. The maximum atomic E-state index is 11.9. The monoisotopic (exact) mass is 316 g/mol. The Morgan fingerprint density at radius 1 is 1.21 bits per heavy atom. The molecule has 1 aromatic carbocycles. The van der Waals surface area contributed by atoms with Gasteiger partial charge in [0.05, 0.1) is 9.80 Å². The first-order valence-electron chi connectivity index (χ1n) is 4.97. The van der Waals surface area contributed by atoms with Gasteiger partial charge in [-0.05, 0) is 24.3 Å². The fourth-order valence-electron chi connectivity index (χ4n) is 1.37. The molecular formula is C11H6Cl2N2O3S. The molecule has 0 spiro atoms. The van der Waals surface area contributed by atoms with Crippen LogP contribution in [-0.2, 0) is 0 Å². The van der Waals surface area contributed by atoms with Crippen molar-refractivity contribution < 1.29 is 9.72 Å². The zero-order valence-electron chi connectivity index (χ0n) is 9.22. The number of benzene rings is 1. The zero-order valence-corrected chi connectivity index (χ0v) is 11.6. The molecule has 0 unspecified atom stereocenters. The summed E-state index contributed by atoms with van der Waals surface area (Å²) in [6, 6.07) is 7.28. The standard InChI is InChI=1S/C11H6Cl2N2O3S/c12-6-3-7(13)5-8(4-6)14-11(16)9-1-2-10(19-9)15(17)18/h1-5H,(H,14,16). The van der Waals surface area contributed by atoms with Crippen LogP contribution in [0.1, 0.15) is 9.67 Å². The van der Waals surface area contributed by atoms with E-state index in [1.54, 1.807) is 0 Å². The molecule has 1 aromatic heterocycles. The predicted molar refractivity (Wildman–Crippen MR) is 75.4 cm³/mol. The van der Waals surface area contributed by atoms with Gasteiger partial charge in [0, 0.05) is 21.8 Å². The number of nitrogens with zero attached hydrogens (tertiary/aromatic N) is 1. The van der Waals surface area contributed by atoms with E-state index in [0.717, 1.165) is 11.3 Å². The van der Waals surface area contributed by atoms with Crippen molar-refractivity contribution in [2.45, 2.75) is 0 Å². The first-order valence-corrected chi connectivity index (χ1v) is 6.54. The van der Waals surface area contributed by atoms with Crippen LogP contribution in [0.5, 0.6) is 0 Å². The first kappa shape index (κ1) is 13.8. The molecule has 5 nitrogen and oxygen atoms in total. The van der Waals surface area contributed by atoms with E-state index in [-0.39, 0.29) is 9.88 Å². The second-order valence-electron chi connectivity index (χ2n) is 3.51. The van der Waals surface area contributed by atoms with Crippen LogP contribution in [0, 0.1) is 10.1 Å². The largest absolute Gasteiger partial charge is 0.324 e. The van der Waals surface area contributed by atoms with Crippen LogP contribution in [0.4, 0.5) is 10.7 Å². The van der Waals surface area contributed by atoms with E-state index in [1.165, 1.54) is 30.3 Å². The Hall–Kier alpha value is -1.63. The van der Waals surface area contributed by atoms with Crippen LogP contribution >= 0.6 is 34.5 Å². The molecule has 0 atom stereocenters. The molecule has 0 saturated heterocycles. The number of anilines is 1. The van der Waals surface area contributed by atoms with Gasteiger partial charge in [-0.15, -0.1) is 0 Å². The van der Waals surface area contributed by atoms with Crippen molar-refractivity contribution in [2.75, 3.05) is 5.32 Å². The van der Waals surface area contributed by atoms with E-state index < -0.39 is 10.8 Å². The van der Waals surface area contributed by atoms with Crippen LogP contribution in [0.15, 0.2) is 30.3 Å². The third kappa shape index (κ3) is 3.44. The van der Waals surface area contributed by atoms with Crippen LogP contribution in [0.2, 0.25) is 10.0 Å². The summed E-state index contributed by atoms with van der Waals surface area (Å²) >= 11 is 12.4. The van der Waals surface area contributed by atoms with Gasteiger partial charge in [-0.1, -0.05) is 34.5 Å². The van der Waals surface area contributed by atoms with E-state index in [4.69, 9.17) is 23.2 Å². The lowest BCUT2D eigenvalue weighted by molar-refractivity contribution is -0.380. The van der Waals surface area contributed by atoms with Crippen LogP contribution in [0.25, 0.3) is 0 Å². The highest BCUT2D eigenvalue weighted by Crippen LogP contribution is 2.26. The number of carbonyl (C=O) groups is 1. The van der Waals surface area contributed by atoms with Gasteiger partial charge in [0.25, 0.3) is 5.91 Å². The fraction of sp³-hybridized carbons (Fsp3) is 0. The molecule has 2 aromatic rings. The average Bonchev–Trinajstić information content (AvgIpc) is 2.76. The SMILES string of the molecule is O=C(Nc1cc(Cl)cc(Cl)c1)c1ccc([N+](=O)[O-])s1. The summed E-state index contributed by atoms with van der Waals surface area (Å²) in [5.74, 6) is -0.448. The van der Waals surface area contributed by atoms with Gasteiger partial charge in [0.1, 0.15) is 0 Å². The Morgan fingerprint density at radius 3 is 2.37 bits per heavy atom. The number of amides is 1. The highest BCUT2D eigenvalue weighted by atomic mass is 35.5. The molecule has 0 aliphatic carbocycles. The maximum Gasteiger partial charge on any atom is 0.324 e. The lowest BCUT2D eigenvalue weighted by atomic mass is 10.3. The number of nitrogens with one attached hydrogen (secondary N) is 1. The third-order valence-corrected chi connectivity index (χ3v) is 3.59. The number of hydrogen-bond acceptors (Lipinski definition) is 4. The van der Waals surface area contributed by atoms with Crippen molar-refractivity contribution in [1.82, 2.24) is 0 Å². The van der Waals surface area contributed by atoms with Crippen molar-refractivity contribution in [3.05, 3.63) is 55.4 Å². The molecule has 98 valence electrons. The van der Waals surface area contributed by atoms with E-state index in [9.17, 15) is 14.9 Å². The summed E-state index contributed by atoms with van der Waals surface area (Å²) in [6.07, 6.45) is 0. The van der Waals surface area contributed by atoms with E-state index in [1.807, 2.05) is 0 Å². The van der Waals surface area contributed by atoms with E-state index in [0.29, 0.717) is 15.7 Å². The third-order valence-electron chi connectivity index (χ3n) is 2.12. The number of halogens is 2. The summed E-state index contributed by atoms with van der Waals surface area (Å²) in [4.78, 5) is 22.1. The Kier molecular flexibility index (Phi) is 4.04. The molecule has 1 amide bonds. The average molecular weight is 317 g/mol. The molecule has 0 aliphatic heterocycles. The minimum absolute atomic E-state index is 0.0886. The summed E-state index contributed by atoms with van der Waals surface area (Å²) in [5, 5.41) is 13.8. The Labute approximate surface area is 121 Å². The van der Waals surface area contributed by atoms with Crippen LogP contribution < -0.4 is 5.32 Å². The van der Waals surface area contributed by atoms with Gasteiger partial charge in [-0.2, -0.15) is 0 Å². The maximum absolute atomic E-state index is 11.9. The van der Waals surface area contributed by atoms with Crippen molar-refractivity contribution in [1.29, 1.82) is 0 Å². The number of carbonyl (C=O) groups excluding carboxylic acids is 1. The summed E-state index contributed by atoms with van der Waals surface area (Å²) in [7, 11) is 0. The summed E-state index contributed by atoms with van der Waals surface area (Å²) in [6.45, 7) is 0. The zero-order chi connectivity index (χ0) is 14.0. The number of nitro groups is 1. The molecular weight excluding hydrogens is 311 g/mol.